The Morgan fingerprint density at radius 1 is 1.29 bits per heavy atom. The second-order valence-electron chi connectivity index (χ2n) is 3.58. The van der Waals surface area contributed by atoms with Crippen molar-refractivity contribution in [2.75, 3.05) is 0 Å². The summed E-state index contributed by atoms with van der Waals surface area (Å²) >= 11 is 1.57. The number of aromatic nitrogens is 1. The van der Waals surface area contributed by atoms with Crippen molar-refractivity contribution in [2.45, 2.75) is 19.5 Å². The average Bonchev–Trinajstić information content (AvgIpc) is 2.82. The van der Waals surface area contributed by atoms with Crippen LogP contribution in [0.25, 0.3) is 0 Å². The van der Waals surface area contributed by atoms with Crippen molar-refractivity contribution >= 4 is 11.3 Å². The van der Waals surface area contributed by atoms with Gasteiger partial charge in [-0.05, 0) is 11.6 Å². The van der Waals surface area contributed by atoms with Crippen LogP contribution in [-0.4, -0.2) is 4.98 Å². The summed E-state index contributed by atoms with van der Waals surface area (Å²) in [5.74, 6) is 0. The van der Waals surface area contributed by atoms with Gasteiger partial charge in [-0.3, -0.25) is 0 Å². The minimum absolute atomic E-state index is 0.0681. The van der Waals surface area contributed by atoms with E-state index in [0.29, 0.717) is 13.1 Å². The summed E-state index contributed by atoms with van der Waals surface area (Å²) in [5, 5.41) is 6.08. The number of hydrogen-bond donors (Lipinski definition) is 1. The van der Waals surface area contributed by atoms with E-state index in [4.69, 9.17) is 0 Å². The number of halogens is 2. The first-order chi connectivity index (χ1) is 8.25. The summed E-state index contributed by atoms with van der Waals surface area (Å²) in [5.41, 5.74) is 0.929. The summed E-state index contributed by atoms with van der Waals surface area (Å²) in [6.45, 7) is 1.23. The Bertz CT molecular complexity index is 457. The van der Waals surface area contributed by atoms with E-state index in [1.807, 2.05) is 11.4 Å². The van der Waals surface area contributed by atoms with Gasteiger partial charge in [0, 0.05) is 30.2 Å². The van der Waals surface area contributed by atoms with Crippen LogP contribution in [0.1, 0.15) is 22.6 Å². The standard InChI is InChI=1S/C12H12F2N2S/c13-12(14)10-3-1-2-9(6-10)7-15-8-11-16-4-5-17-11/h1-6,12,15H,7-8H2. The fourth-order valence-corrected chi connectivity index (χ4v) is 2.08. The summed E-state index contributed by atoms with van der Waals surface area (Å²) in [7, 11) is 0. The van der Waals surface area contributed by atoms with Crippen molar-refractivity contribution in [3.63, 3.8) is 0 Å². The van der Waals surface area contributed by atoms with Gasteiger partial charge in [0.05, 0.1) is 0 Å². The molecular formula is C12H12F2N2S. The lowest BCUT2D eigenvalue weighted by atomic mass is 10.1. The fraction of sp³-hybridized carbons (Fsp3) is 0.250. The first-order valence-corrected chi connectivity index (χ1v) is 6.10. The summed E-state index contributed by atoms with van der Waals surface area (Å²) < 4.78 is 24.9. The number of hydrogen-bond acceptors (Lipinski definition) is 3. The first-order valence-electron chi connectivity index (χ1n) is 5.22. The SMILES string of the molecule is FC(F)c1cccc(CNCc2nccs2)c1. The van der Waals surface area contributed by atoms with Crippen molar-refractivity contribution in [3.05, 3.63) is 52.0 Å². The highest BCUT2D eigenvalue weighted by Gasteiger charge is 2.06. The Morgan fingerprint density at radius 3 is 2.88 bits per heavy atom. The van der Waals surface area contributed by atoms with Crippen LogP contribution in [0.4, 0.5) is 8.78 Å². The van der Waals surface area contributed by atoms with Gasteiger partial charge >= 0.3 is 0 Å². The van der Waals surface area contributed by atoms with Crippen LogP contribution in [0, 0.1) is 0 Å². The highest BCUT2D eigenvalue weighted by atomic mass is 32.1. The maximum atomic E-state index is 12.5. The number of thiazole rings is 1. The smallest absolute Gasteiger partial charge is 0.263 e. The molecule has 0 bridgehead atoms. The molecular weight excluding hydrogens is 242 g/mol. The number of rotatable bonds is 5. The molecule has 90 valence electrons. The van der Waals surface area contributed by atoms with Gasteiger partial charge in [0.1, 0.15) is 5.01 Å². The third-order valence-corrected chi connectivity index (χ3v) is 3.07. The molecule has 0 spiro atoms. The van der Waals surface area contributed by atoms with Crippen molar-refractivity contribution in [1.29, 1.82) is 0 Å². The molecule has 2 nitrogen and oxygen atoms in total. The van der Waals surface area contributed by atoms with E-state index in [9.17, 15) is 8.78 Å². The maximum absolute atomic E-state index is 12.5. The molecule has 0 amide bonds. The zero-order valence-electron chi connectivity index (χ0n) is 9.07. The quantitative estimate of drug-likeness (QED) is 0.884. The second kappa shape index (κ2) is 5.84. The van der Waals surface area contributed by atoms with Gasteiger partial charge in [-0.1, -0.05) is 18.2 Å². The number of alkyl halides is 2. The Labute approximate surface area is 102 Å². The van der Waals surface area contributed by atoms with E-state index in [0.717, 1.165) is 10.6 Å². The van der Waals surface area contributed by atoms with Crippen molar-refractivity contribution in [1.82, 2.24) is 10.3 Å². The molecule has 0 aliphatic rings. The Hall–Kier alpha value is -1.33. The molecule has 5 heteroatoms. The Kier molecular flexibility index (Phi) is 4.17. The highest BCUT2D eigenvalue weighted by Crippen LogP contribution is 2.19. The molecule has 2 aromatic rings. The van der Waals surface area contributed by atoms with Gasteiger partial charge in [0.25, 0.3) is 6.43 Å². The summed E-state index contributed by atoms with van der Waals surface area (Å²) in [6.07, 6.45) is -0.659. The molecule has 1 aromatic carbocycles. The van der Waals surface area contributed by atoms with Gasteiger partial charge in [-0.2, -0.15) is 0 Å². The Balaban J connectivity index is 1.88. The molecule has 0 aliphatic heterocycles. The van der Waals surface area contributed by atoms with Crippen molar-refractivity contribution in [3.8, 4) is 0 Å². The topological polar surface area (TPSA) is 24.9 Å². The molecule has 0 atom stereocenters. The molecule has 0 aliphatic carbocycles. The van der Waals surface area contributed by atoms with Gasteiger partial charge in [0.2, 0.25) is 0 Å². The van der Waals surface area contributed by atoms with Crippen LogP contribution in [0.15, 0.2) is 35.8 Å². The lowest BCUT2D eigenvalue weighted by molar-refractivity contribution is 0.151. The average molecular weight is 254 g/mol. The number of nitrogens with zero attached hydrogens (tertiary/aromatic N) is 1. The van der Waals surface area contributed by atoms with Gasteiger partial charge in [-0.25, -0.2) is 13.8 Å². The van der Waals surface area contributed by atoms with Crippen LogP contribution in [0.2, 0.25) is 0 Å². The van der Waals surface area contributed by atoms with E-state index in [1.165, 1.54) is 12.1 Å². The molecule has 0 saturated heterocycles. The van der Waals surface area contributed by atoms with Crippen LogP contribution < -0.4 is 5.32 Å². The highest BCUT2D eigenvalue weighted by molar-refractivity contribution is 7.09. The molecule has 17 heavy (non-hydrogen) atoms. The summed E-state index contributed by atoms with van der Waals surface area (Å²) in [4.78, 5) is 4.13. The van der Waals surface area contributed by atoms with Crippen molar-refractivity contribution in [2.24, 2.45) is 0 Å². The maximum Gasteiger partial charge on any atom is 0.263 e. The molecule has 1 N–H and O–H groups in total. The molecule has 0 radical (unpaired) electrons. The zero-order valence-corrected chi connectivity index (χ0v) is 9.88. The molecule has 1 aromatic heterocycles. The van der Waals surface area contributed by atoms with Gasteiger partial charge in [0.15, 0.2) is 0 Å². The van der Waals surface area contributed by atoms with E-state index in [2.05, 4.69) is 10.3 Å². The zero-order chi connectivity index (χ0) is 12.1. The van der Waals surface area contributed by atoms with Crippen LogP contribution in [-0.2, 0) is 13.1 Å². The monoisotopic (exact) mass is 254 g/mol. The third kappa shape index (κ3) is 3.57. The normalized spacial score (nSPS) is 11.0. The molecule has 2 rings (SSSR count). The lowest BCUT2D eigenvalue weighted by Crippen LogP contribution is -2.12. The lowest BCUT2D eigenvalue weighted by Gasteiger charge is -2.05. The third-order valence-electron chi connectivity index (χ3n) is 2.29. The van der Waals surface area contributed by atoms with E-state index < -0.39 is 6.43 Å². The summed E-state index contributed by atoms with van der Waals surface area (Å²) in [6, 6.07) is 6.46. The molecule has 1 heterocycles. The Morgan fingerprint density at radius 2 is 2.18 bits per heavy atom. The van der Waals surface area contributed by atoms with Crippen LogP contribution in [0.5, 0.6) is 0 Å². The predicted octanol–water partition coefficient (Wildman–Crippen LogP) is 3.37. The molecule has 0 saturated carbocycles. The van der Waals surface area contributed by atoms with Crippen LogP contribution in [0.3, 0.4) is 0 Å². The van der Waals surface area contributed by atoms with Crippen molar-refractivity contribution < 1.29 is 8.78 Å². The fourth-order valence-electron chi connectivity index (χ4n) is 1.49. The van der Waals surface area contributed by atoms with Gasteiger partial charge in [-0.15, -0.1) is 11.3 Å². The minimum atomic E-state index is -2.41. The number of benzene rings is 1. The van der Waals surface area contributed by atoms with E-state index >= 15 is 0 Å². The predicted molar refractivity (Wildman–Crippen MR) is 64.1 cm³/mol. The van der Waals surface area contributed by atoms with Gasteiger partial charge < -0.3 is 5.32 Å². The minimum Gasteiger partial charge on any atom is -0.306 e. The molecule has 0 unspecified atom stereocenters. The molecule has 0 fully saturated rings. The second-order valence-corrected chi connectivity index (χ2v) is 4.55. The number of nitrogens with one attached hydrogen (secondary N) is 1. The van der Waals surface area contributed by atoms with E-state index in [1.54, 1.807) is 23.6 Å². The largest absolute Gasteiger partial charge is 0.306 e. The first kappa shape index (κ1) is 12.1. The van der Waals surface area contributed by atoms with E-state index in [-0.39, 0.29) is 5.56 Å². The van der Waals surface area contributed by atoms with Crippen LogP contribution >= 0.6 is 11.3 Å².